The molecule has 132 valence electrons. The van der Waals surface area contributed by atoms with Crippen molar-refractivity contribution in [2.75, 3.05) is 25.1 Å². The van der Waals surface area contributed by atoms with E-state index in [0.717, 1.165) is 5.69 Å². The van der Waals surface area contributed by atoms with Crippen molar-refractivity contribution in [2.45, 2.75) is 11.3 Å². The first-order valence-electron chi connectivity index (χ1n) is 7.64. The van der Waals surface area contributed by atoms with Crippen LogP contribution in [0.15, 0.2) is 47.4 Å². The molecular formula is C17H17ClN2O4S. The third kappa shape index (κ3) is 3.95. The molecule has 2 aromatic carbocycles. The molecule has 8 heteroatoms. The molecule has 1 aliphatic rings. The highest BCUT2D eigenvalue weighted by atomic mass is 35.5. The predicted octanol–water partition coefficient (Wildman–Crippen LogP) is 2.22. The van der Waals surface area contributed by atoms with Gasteiger partial charge in [-0.15, -0.1) is 0 Å². The molecule has 0 fully saturated rings. The first kappa shape index (κ1) is 17.7. The van der Waals surface area contributed by atoms with Crippen LogP contribution in [0.4, 0.5) is 5.69 Å². The Morgan fingerprint density at radius 2 is 2.04 bits per heavy atom. The van der Waals surface area contributed by atoms with Crippen LogP contribution >= 0.6 is 11.6 Å². The van der Waals surface area contributed by atoms with Crippen molar-refractivity contribution in [2.24, 2.45) is 0 Å². The predicted molar refractivity (Wildman–Crippen MR) is 95.7 cm³/mol. The lowest BCUT2D eigenvalue weighted by Crippen LogP contribution is -2.28. The maximum atomic E-state index is 12.4. The third-order valence-corrected chi connectivity index (χ3v) is 5.59. The number of ether oxygens (including phenoxy) is 1. The number of nitrogens with one attached hydrogen (secondary N) is 1. The van der Waals surface area contributed by atoms with Crippen molar-refractivity contribution in [3.8, 4) is 5.75 Å². The molecule has 0 bridgehead atoms. The van der Waals surface area contributed by atoms with Gasteiger partial charge in [-0.1, -0.05) is 17.7 Å². The zero-order valence-corrected chi connectivity index (χ0v) is 15.1. The topological polar surface area (TPSA) is 75.7 Å². The Hall–Kier alpha value is -2.09. The SMILES string of the molecule is CN1C(=O)Cc2cc(S(=O)(=O)NCCOc3cccc(Cl)c3)ccc21. The van der Waals surface area contributed by atoms with Crippen molar-refractivity contribution < 1.29 is 17.9 Å². The minimum atomic E-state index is -3.67. The van der Waals surface area contributed by atoms with E-state index < -0.39 is 10.0 Å². The minimum absolute atomic E-state index is 0.0487. The van der Waals surface area contributed by atoms with E-state index in [1.807, 2.05) is 0 Å². The molecule has 0 saturated heterocycles. The van der Waals surface area contributed by atoms with E-state index in [4.69, 9.17) is 16.3 Å². The smallest absolute Gasteiger partial charge is 0.240 e. The Morgan fingerprint density at radius 1 is 1.24 bits per heavy atom. The van der Waals surface area contributed by atoms with Crippen molar-refractivity contribution in [1.29, 1.82) is 0 Å². The number of carbonyl (C=O) groups excluding carboxylic acids is 1. The first-order chi connectivity index (χ1) is 11.9. The summed E-state index contributed by atoms with van der Waals surface area (Å²) < 4.78 is 32.7. The van der Waals surface area contributed by atoms with Gasteiger partial charge in [-0.3, -0.25) is 4.79 Å². The van der Waals surface area contributed by atoms with Crippen molar-refractivity contribution in [3.63, 3.8) is 0 Å². The number of benzene rings is 2. The van der Waals surface area contributed by atoms with Gasteiger partial charge in [-0.25, -0.2) is 13.1 Å². The average molecular weight is 381 g/mol. The highest BCUT2D eigenvalue weighted by molar-refractivity contribution is 7.89. The van der Waals surface area contributed by atoms with Gasteiger partial charge < -0.3 is 9.64 Å². The third-order valence-electron chi connectivity index (χ3n) is 3.90. The Labute approximate surface area is 151 Å². The maximum Gasteiger partial charge on any atom is 0.240 e. The average Bonchev–Trinajstić information content (AvgIpc) is 2.86. The second-order valence-electron chi connectivity index (χ2n) is 5.62. The van der Waals surface area contributed by atoms with Gasteiger partial charge in [0.25, 0.3) is 0 Å². The normalized spacial score (nSPS) is 13.8. The van der Waals surface area contributed by atoms with Crippen LogP contribution in [0.2, 0.25) is 5.02 Å². The first-order valence-corrected chi connectivity index (χ1v) is 9.50. The van der Waals surface area contributed by atoms with Crippen LogP contribution in [-0.4, -0.2) is 34.5 Å². The summed E-state index contributed by atoms with van der Waals surface area (Å²) in [5, 5.41) is 0.552. The lowest BCUT2D eigenvalue weighted by Gasteiger charge is -2.12. The summed E-state index contributed by atoms with van der Waals surface area (Å²) in [5.74, 6) is 0.526. The number of sulfonamides is 1. The number of anilines is 1. The largest absolute Gasteiger partial charge is 0.492 e. The van der Waals surface area contributed by atoms with Gasteiger partial charge in [-0.05, 0) is 42.0 Å². The van der Waals surface area contributed by atoms with Crippen molar-refractivity contribution in [1.82, 2.24) is 4.72 Å². The Bertz CT molecular complexity index is 915. The molecular weight excluding hydrogens is 364 g/mol. The fraction of sp³-hybridized carbons (Fsp3) is 0.235. The monoisotopic (exact) mass is 380 g/mol. The molecule has 1 amide bonds. The summed E-state index contributed by atoms with van der Waals surface area (Å²) in [5.41, 5.74) is 1.46. The zero-order chi connectivity index (χ0) is 18.0. The van der Waals surface area contributed by atoms with E-state index >= 15 is 0 Å². The van der Waals surface area contributed by atoms with Crippen molar-refractivity contribution in [3.05, 3.63) is 53.1 Å². The number of nitrogens with zero attached hydrogens (tertiary/aromatic N) is 1. The van der Waals surface area contributed by atoms with E-state index in [9.17, 15) is 13.2 Å². The van der Waals surface area contributed by atoms with Crippen LogP contribution in [0.5, 0.6) is 5.75 Å². The van der Waals surface area contributed by atoms with E-state index in [1.165, 1.54) is 17.0 Å². The van der Waals surface area contributed by atoms with Crippen LogP contribution in [0.25, 0.3) is 0 Å². The van der Waals surface area contributed by atoms with Gasteiger partial charge >= 0.3 is 0 Å². The molecule has 1 aliphatic heterocycles. The molecule has 1 heterocycles. The standard InChI is InChI=1S/C17H17ClN2O4S/c1-20-16-6-5-15(9-12(16)10-17(20)21)25(22,23)19-7-8-24-14-4-2-3-13(18)11-14/h2-6,9,11,19H,7-8,10H2,1H3. The lowest BCUT2D eigenvalue weighted by molar-refractivity contribution is -0.117. The summed E-state index contributed by atoms with van der Waals surface area (Å²) in [6, 6.07) is 11.6. The number of hydrogen-bond acceptors (Lipinski definition) is 4. The molecule has 0 atom stereocenters. The van der Waals surface area contributed by atoms with E-state index in [0.29, 0.717) is 16.3 Å². The van der Waals surface area contributed by atoms with E-state index in [2.05, 4.69) is 4.72 Å². The molecule has 3 rings (SSSR count). The summed E-state index contributed by atoms with van der Waals surface area (Å²) in [6.45, 7) is 0.288. The highest BCUT2D eigenvalue weighted by Gasteiger charge is 2.26. The minimum Gasteiger partial charge on any atom is -0.492 e. The molecule has 2 aromatic rings. The molecule has 0 saturated carbocycles. The Balaban J connectivity index is 1.61. The molecule has 0 unspecified atom stereocenters. The second kappa shape index (κ2) is 7.03. The molecule has 0 radical (unpaired) electrons. The van der Waals surface area contributed by atoms with Gasteiger partial charge in [0.2, 0.25) is 15.9 Å². The Morgan fingerprint density at radius 3 is 2.80 bits per heavy atom. The summed E-state index contributed by atoms with van der Waals surface area (Å²) in [4.78, 5) is 13.4. The van der Waals surface area contributed by atoms with Crippen LogP contribution in [0.3, 0.4) is 0 Å². The van der Waals surface area contributed by atoms with Crippen LogP contribution in [-0.2, 0) is 21.2 Å². The molecule has 0 aliphatic carbocycles. The number of hydrogen-bond donors (Lipinski definition) is 1. The van der Waals surface area contributed by atoms with Gasteiger partial charge in [0.15, 0.2) is 0 Å². The highest BCUT2D eigenvalue weighted by Crippen LogP contribution is 2.29. The Kier molecular flexibility index (Phi) is 4.99. The maximum absolute atomic E-state index is 12.4. The van der Waals surface area contributed by atoms with E-state index in [-0.39, 0.29) is 30.4 Å². The molecule has 25 heavy (non-hydrogen) atoms. The van der Waals surface area contributed by atoms with Crippen LogP contribution in [0.1, 0.15) is 5.56 Å². The number of likely N-dealkylation sites (N-methyl/N-ethyl adjacent to an activating group) is 1. The van der Waals surface area contributed by atoms with Crippen LogP contribution < -0.4 is 14.4 Å². The number of fused-ring (bicyclic) bond motifs is 1. The summed E-state index contributed by atoms with van der Waals surface area (Å²) in [7, 11) is -1.99. The van der Waals surface area contributed by atoms with Crippen LogP contribution in [0, 0.1) is 0 Å². The van der Waals surface area contributed by atoms with E-state index in [1.54, 1.807) is 37.4 Å². The molecule has 6 nitrogen and oxygen atoms in total. The fourth-order valence-corrected chi connectivity index (χ4v) is 3.84. The number of carbonyl (C=O) groups is 1. The molecule has 0 aromatic heterocycles. The van der Waals surface area contributed by atoms with Gasteiger partial charge in [0.1, 0.15) is 12.4 Å². The second-order valence-corrected chi connectivity index (χ2v) is 7.83. The lowest BCUT2D eigenvalue weighted by atomic mass is 10.2. The number of amides is 1. The molecule has 0 spiro atoms. The molecule has 1 N–H and O–H groups in total. The van der Waals surface area contributed by atoms with Gasteiger partial charge in [0, 0.05) is 24.3 Å². The fourth-order valence-electron chi connectivity index (χ4n) is 2.60. The quantitative estimate of drug-likeness (QED) is 0.779. The van der Waals surface area contributed by atoms with Crippen molar-refractivity contribution >= 4 is 33.2 Å². The summed E-state index contributed by atoms with van der Waals surface area (Å²) >= 11 is 5.86. The zero-order valence-electron chi connectivity index (χ0n) is 13.5. The summed E-state index contributed by atoms with van der Waals surface area (Å²) in [6.07, 6.45) is 0.215. The number of halogens is 1. The van der Waals surface area contributed by atoms with Gasteiger partial charge in [-0.2, -0.15) is 0 Å². The number of rotatable bonds is 6. The van der Waals surface area contributed by atoms with Gasteiger partial charge in [0.05, 0.1) is 11.3 Å².